The van der Waals surface area contributed by atoms with Gasteiger partial charge in [0.15, 0.2) is 0 Å². The van der Waals surface area contributed by atoms with Crippen LogP contribution in [0.4, 0.5) is 5.69 Å². The van der Waals surface area contributed by atoms with Crippen LogP contribution in [0.1, 0.15) is 114 Å². The van der Waals surface area contributed by atoms with E-state index in [-0.39, 0.29) is 29.0 Å². The number of piperidine rings is 2. The standard InChI is InChI=1S/C48H66N2O3/c1-28-12-17-43-47(3,53)39-16-15-35-36(38(39)26-50(43)25-28)21-40-37(35)22-42(51)41-23-44(52)48(27-46(40,41)2)19-18-31(24-48)34-14-13-29-8-5-6-11-33(29)45(34)30-9-7-10-32(20-30)49-4/h5-11,13-14,20,28,31,34-45,49,51-53H,12,15-19,21-27H2,1-4H3/t28-,31+,34-,35+,36+,37+,38+,39-,40-,41+,42+,43-,44-,45-,46-,47+,48-/m1/s1. The summed E-state index contributed by atoms with van der Waals surface area (Å²) in [5, 5.41) is 40.0. The van der Waals surface area contributed by atoms with Crippen molar-refractivity contribution >= 4 is 11.8 Å². The van der Waals surface area contributed by atoms with Gasteiger partial charge in [0.05, 0.1) is 17.8 Å². The van der Waals surface area contributed by atoms with Crippen LogP contribution in [-0.4, -0.2) is 64.2 Å². The van der Waals surface area contributed by atoms with Crippen LogP contribution < -0.4 is 5.32 Å². The quantitative estimate of drug-likeness (QED) is 0.256. The van der Waals surface area contributed by atoms with Crippen LogP contribution in [0.5, 0.6) is 0 Å². The summed E-state index contributed by atoms with van der Waals surface area (Å²) in [6.07, 6.45) is 16.3. The number of fused-ring (bicyclic) bond motifs is 9. The van der Waals surface area contributed by atoms with E-state index in [1.807, 2.05) is 7.05 Å². The molecule has 6 aliphatic carbocycles. The molecule has 53 heavy (non-hydrogen) atoms. The molecule has 17 atom stereocenters. The summed E-state index contributed by atoms with van der Waals surface area (Å²) in [4.78, 5) is 2.71. The number of benzene rings is 2. The van der Waals surface area contributed by atoms with E-state index < -0.39 is 5.60 Å². The van der Waals surface area contributed by atoms with Gasteiger partial charge >= 0.3 is 0 Å². The van der Waals surface area contributed by atoms with Gasteiger partial charge in [-0.3, -0.25) is 4.90 Å². The first-order valence-electron chi connectivity index (χ1n) is 21.9. The first-order valence-corrected chi connectivity index (χ1v) is 21.9. The molecule has 8 aliphatic rings. The highest BCUT2D eigenvalue weighted by molar-refractivity contribution is 5.61. The molecule has 0 amide bonds. The Morgan fingerprint density at radius 2 is 1.66 bits per heavy atom. The summed E-state index contributed by atoms with van der Waals surface area (Å²) in [5.41, 5.74) is 4.66. The largest absolute Gasteiger partial charge is 0.393 e. The molecule has 0 radical (unpaired) electrons. The van der Waals surface area contributed by atoms with E-state index in [1.54, 1.807) is 0 Å². The SMILES string of the molecule is CNc1cccc([C@@H]2c3ccccc3C=C[C@@H]2[C@H]2CC[C@@]3(C2)C[C@]2(C)[C@@H]4C[C@H]5[C@H](CC[C@@H]6[C@H]5CN5C[C@H](C)CC[C@@H]5[C@@]6(C)O)[C@@H]4C[C@H](O)[C@@H]2C[C@H]3O)c1. The fourth-order valence-electron chi connectivity index (χ4n) is 16.2. The summed E-state index contributed by atoms with van der Waals surface area (Å²) in [5.74, 6) is 5.57. The maximum Gasteiger partial charge on any atom is 0.0805 e. The van der Waals surface area contributed by atoms with Gasteiger partial charge in [0.1, 0.15) is 0 Å². The molecule has 10 rings (SSSR count). The van der Waals surface area contributed by atoms with Crippen molar-refractivity contribution in [2.45, 2.75) is 121 Å². The van der Waals surface area contributed by atoms with Gasteiger partial charge in [-0.15, -0.1) is 0 Å². The van der Waals surface area contributed by atoms with Gasteiger partial charge in [-0.1, -0.05) is 62.4 Å². The molecule has 286 valence electrons. The van der Waals surface area contributed by atoms with Gasteiger partial charge in [0.25, 0.3) is 0 Å². The number of hydrogen-bond acceptors (Lipinski definition) is 5. The number of hydrogen-bond donors (Lipinski definition) is 4. The van der Waals surface area contributed by atoms with Gasteiger partial charge in [0, 0.05) is 37.8 Å². The maximum atomic E-state index is 12.3. The highest BCUT2D eigenvalue weighted by atomic mass is 16.3. The van der Waals surface area contributed by atoms with Gasteiger partial charge < -0.3 is 20.6 Å². The zero-order valence-corrected chi connectivity index (χ0v) is 32.8. The highest BCUT2D eigenvalue weighted by Gasteiger charge is 2.67. The van der Waals surface area contributed by atoms with E-state index in [2.05, 4.69) is 91.7 Å². The minimum Gasteiger partial charge on any atom is -0.393 e. The lowest BCUT2D eigenvalue weighted by atomic mass is 9.46. The van der Waals surface area contributed by atoms with Crippen LogP contribution in [0.15, 0.2) is 54.6 Å². The molecule has 5 heteroatoms. The molecular weight excluding hydrogens is 653 g/mol. The first-order chi connectivity index (χ1) is 25.5. The number of rotatable bonds is 3. The second-order valence-corrected chi connectivity index (χ2v) is 20.7. The van der Waals surface area contributed by atoms with Gasteiger partial charge in [-0.2, -0.15) is 0 Å². The van der Waals surface area contributed by atoms with Crippen molar-refractivity contribution in [3.05, 3.63) is 71.3 Å². The summed E-state index contributed by atoms with van der Waals surface area (Å²) in [6, 6.07) is 18.3. The highest BCUT2D eigenvalue weighted by Crippen LogP contribution is 2.71. The van der Waals surface area contributed by atoms with E-state index in [9.17, 15) is 15.3 Å². The van der Waals surface area contributed by atoms with E-state index in [1.165, 1.54) is 42.5 Å². The fourth-order valence-corrected chi connectivity index (χ4v) is 16.2. The van der Waals surface area contributed by atoms with Gasteiger partial charge in [-0.25, -0.2) is 0 Å². The summed E-state index contributed by atoms with van der Waals surface area (Å²) in [6.45, 7) is 9.48. The second kappa shape index (κ2) is 12.7. The Bertz CT molecular complexity index is 1740. The Morgan fingerprint density at radius 3 is 2.51 bits per heavy atom. The third-order valence-electron chi connectivity index (χ3n) is 18.4. The van der Waals surface area contributed by atoms with Gasteiger partial charge in [0.2, 0.25) is 0 Å². The smallest absolute Gasteiger partial charge is 0.0805 e. The van der Waals surface area contributed by atoms with Crippen molar-refractivity contribution in [1.82, 2.24) is 4.90 Å². The molecule has 2 aromatic rings. The lowest BCUT2D eigenvalue weighted by Gasteiger charge is -2.60. The van der Waals surface area contributed by atoms with E-state index in [4.69, 9.17) is 0 Å². The predicted octanol–water partition coefficient (Wildman–Crippen LogP) is 8.59. The summed E-state index contributed by atoms with van der Waals surface area (Å²) in [7, 11) is 2.01. The van der Waals surface area contributed by atoms with E-state index >= 15 is 0 Å². The fraction of sp³-hybridized carbons (Fsp3) is 0.708. The zero-order valence-electron chi connectivity index (χ0n) is 32.8. The molecular formula is C48H66N2O3. The Balaban J connectivity index is 0.941. The van der Waals surface area contributed by atoms with Crippen molar-refractivity contribution in [3.63, 3.8) is 0 Å². The normalized spacial score (nSPS) is 50.0. The van der Waals surface area contributed by atoms with Crippen LogP contribution in [0.2, 0.25) is 0 Å². The average molecular weight is 719 g/mol. The number of nitrogens with zero attached hydrogens (tertiary/aromatic N) is 1. The molecule has 7 fully saturated rings. The molecule has 5 nitrogen and oxygen atoms in total. The molecule has 2 saturated heterocycles. The van der Waals surface area contributed by atoms with Crippen LogP contribution >= 0.6 is 0 Å². The van der Waals surface area contributed by atoms with Crippen LogP contribution in [0, 0.1) is 70.0 Å². The average Bonchev–Trinajstić information content (AvgIpc) is 3.75. The number of aliphatic hydroxyl groups is 3. The van der Waals surface area contributed by atoms with Gasteiger partial charge in [-0.05, 0) is 176 Å². The molecule has 4 N–H and O–H groups in total. The topological polar surface area (TPSA) is 76.0 Å². The Morgan fingerprint density at radius 1 is 0.811 bits per heavy atom. The van der Waals surface area contributed by atoms with Crippen LogP contribution in [-0.2, 0) is 0 Å². The Kier molecular flexibility index (Phi) is 8.42. The van der Waals surface area contributed by atoms with E-state index in [0.29, 0.717) is 65.2 Å². The predicted molar refractivity (Wildman–Crippen MR) is 213 cm³/mol. The maximum absolute atomic E-state index is 12.3. The third kappa shape index (κ3) is 5.29. The molecule has 5 saturated carbocycles. The molecule has 1 spiro atoms. The van der Waals surface area contributed by atoms with Crippen LogP contribution in [0.3, 0.4) is 0 Å². The lowest BCUT2D eigenvalue weighted by molar-refractivity contribution is -0.180. The number of anilines is 1. The van der Waals surface area contributed by atoms with Crippen molar-refractivity contribution < 1.29 is 15.3 Å². The van der Waals surface area contributed by atoms with Crippen LogP contribution in [0.25, 0.3) is 6.08 Å². The van der Waals surface area contributed by atoms with E-state index in [0.717, 1.165) is 63.6 Å². The minimum atomic E-state index is -0.605. The zero-order chi connectivity index (χ0) is 36.4. The third-order valence-corrected chi connectivity index (χ3v) is 18.4. The lowest BCUT2D eigenvalue weighted by Crippen LogP contribution is -2.67. The van der Waals surface area contributed by atoms with Crippen molar-refractivity contribution in [1.29, 1.82) is 0 Å². The number of nitrogens with one attached hydrogen (secondary N) is 1. The monoisotopic (exact) mass is 719 g/mol. The molecule has 2 aliphatic heterocycles. The molecule has 0 unspecified atom stereocenters. The molecule has 0 bridgehead atoms. The Labute approximate surface area is 319 Å². The molecule has 0 aromatic heterocycles. The number of aliphatic hydroxyl groups excluding tert-OH is 2. The summed E-state index contributed by atoms with van der Waals surface area (Å²) < 4.78 is 0. The molecule has 2 aromatic carbocycles. The van der Waals surface area contributed by atoms with Crippen molar-refractivity contribution in [2.75, 3.05) is 25.5 Å². The van der Waals surface area contributed by atoms with Crippen molar-refractivity contribution in [2.24, 2.45) is 70.0 Å². The Hall–Kier alpha value is -2.18. The molecule has 2 heterocycles. The van der Waals surface area contributed by atoms with Crippen molar-refractivity contribution in [3.8, 4) is 0 Å². The number of allylic oxidation sites excluding steroid dienone is 1. The minimum absolute atomic E-state index is 0.0399. The summed E-state index contributed by atoms with van der Waals surface area (Å²) >= 11 is 0. The first kappa shape index (κ1) is 35.2. The second-order valence-electron chi connectivity index (χ2n) is 20.7.